The van der Waals surface area contributed by atoms with E-state index in [1.807, 2.05) is 0 Å². The Bertz CT molecular complexity index is 702. The van der Waals surface area contributed by atoms with Gasteiger partial charge in [-0.3, -0.25) is 9.36 Å². The Hall–Kier alpha value is -1.62. The van der Waals surface area contributed by atoms with Crippen LogP contribution in [0.3, 0.4) is 0 Å². The number of ether oxygens (including phenoxy) is 1. The molecule has 0 amide bonds. The summed E-state index contributed by atoms with van der Waals surface area (Å²) in [5.74, 6) is -0.481. The molecule has 0 aliphatic carbocycles. The molecule has 23 heavy (non-hydrogen) atoms. The van der Waals surface area contributed by atoms with Gasteiger partial charge in [0.05, 0.1) is 4.88 Å². The number of carbonyl (C=O) groups excluding carboxylic acids is 1. The zero-order valence-electron chi connectivity index (χ0n) is 12.3. The molecule has 5 nitrogen and oxygen atoms in total. The van der Waals surface area contributed by atoms with Crippen LogP contribution in [-0.4, -0.2) is 23.8 Å². The summed E-state index contributed by atoms with van der Waals surface area (Å²) in [5, 5.41) is 14.7. The molecule has 0 fully saturated rings. The molecular weight excluding hydrogens is 357 g/mol. The Morgan fingerprint density at radius 1 is 1.39 bits per heavy atom. The third kappa shape index (κ3) is 4.67. The highest BCUT2D eigenvalue weighted by molar-refractivity contribution is 7.23. The third-order valence-corrected chi connectivity index (χ3v) is 4.82. The maximum Gasteiger partial charge on any atom is 0.308 e. The van der Waals surface area contributed by atoms with Crippen LogP contribution in [0, 0.1) is 0 Å². The number of anilines is 1. The van der Waals surface area contributed by atoms with Crippen LogP contribution in [0.25, 0.3) is 10.4 Å². The highest BCUT2D eigenvalue weighted by Crippen LogP contribution is 2.50. The van der Waals surface area contributed by atoms with E-state index < -0.39 is 5.97 Å². The lowest BCUT2D eigenvalue weighted by Crippen LogP contribution is -2.05. The van der Waals surface area contributed by atoms with Crippen LogP contribution >= 0.6 is 31.4 Å². The van der Waals surface area contributed by atoms with Gasteiger partial charge in [-0.25, -0.2) is 0 Å². The van der Waals surface area contributed by atoms with Crippen molar-refractivity contribution in [2.75, 3.05) is 18.0 Å². The summed E-state index contributed by atoms with van der Waals surface area (Å²) < 4.78 is 15.6. The van der Waals surface area contributed by atoms with Crippen LogP contribution in [-0.2, 0) is 9.36 Å². The number of hydrogen-bond donors (Lipinski definition) is 2. The van der Waals surface area contributed by atoms with E-state index in [0.717, 1.165) is 5.56 Å². The number of hydrogen-bond acceptors (Lipinski definition) is 6. The largest absolute Gasteiger partial charge is 0.503 e. The predicted octanol–water partition coefficient (Wildman–Crippen LogP) is 4.79. The molecule has 122 valence electrons. The van der Waals surface area contributed by atoms with Crippen molar-refractivity contribution in [3.05, 3.63) is 29.3 Å². The molecule has 0 aliphatic rings. The van der Waals surface area contributed by atoms with Gasteiger partial charge in [-0.05, 0) is 24.1 Å². The first-order chi connectivity index (χ1) is 11.0. The van der Waals surface area contributed by atoms with E-state index in [-0.39, 0.29) is 20.0 Å². The Balaban J connectivity index is 2.32. The van der Waals surface area contributed by atoms with Gasteiger partial charge in [0.15, 0.2) is 14.2 Å². The summed E-state index contributed by atoms with van der Waals surface area (Å²) in [5.41, 5.74) is 0.774. The van der Waals surface area contributed by atoms with Gasteiger partial charge in [0.1, 0.15) is 5.00 Å². The van der Waals surface area contributed by atoms with Crippen LogP contribution in [0.5, 0.6) is 11.5 Å². The fourth-order valence-electron chi connectivity index (χ4n) is 1.90. The average Bonchev–Trinajstić information content (AvgIpc) is 2.81. The van der Waals surface area contributed by atoms with Crippen molar-refractivity contribution in [2.24, 2.45) is 0 Å². The van der Waals surface area contributed by atoms with Gasteiger partial charge >= 0.3 is 5.97 Å². The van der Waals surface area contributed by atoms with E-state index in [1.165, 1.54) is 18.3 Å². The van der Waals surface area contributed by atoms with Crippen molar-refractivity contribution >= 4 is 42.4 Å². The SMILES string of the molecule is CC(=O)Oc1c(NCCCP=O)sc(-c2ccc(Cl)cc2)c1O. The minimum Gasteiger partial charge on any atom is -0.503 e. The Kier molecular flexibility index (Phi) is 6.39. The molecule has 0 saturated carbocycles. The van der Waals surface area contributed by atoms with E-state index >= 15 is 0 Å². The molecule has 0 atom stereocenters. The quantitative estimate of drug-likeness (QED) is 0.415. The molecule has 0 bridgehead atoms. The first-order valence-corrected chi connectivity index (χ1v) is 9.05. The first-order valence-electron chi connectivity index (χ1n) is 6.86. The van der Waals surface area contributed by atoms with E-state index in [9.17, 15) is 14.5 Å². The monoisotopic (exact) mass is 371 g/mol. The number of benzene rings is 1. The molecule has 0 unspecified atom stereocenters. The molecule has 2 rings (SSSR count). The number of esters is 1. The highest BCUT2D eigenvalue weighted by Gasteiger charge is 2.21. The summed E-state index contributed by atoms with van der Waals surface area (Å²) in [7, 11) is 0.0942. The van der Waals surface area contributed by atoms with Crippen LogP contribution in [0.15, 0.2) is 24.3 Å². The molecule has 0 saturated heterocycles. The first kappa shape index (κ1) is 17.7. The maximum absolute atomic E-state index is 11.3. The summed E-state index contributed by atoms with van der Waals surface area (Å²) in [6.07, 6.45) is 1.23. The van der Waals surface area contributed by atoms with E-state index in [4.69, 9.17) is 16.3 Å². The summed E-state index contributed by atoms with van der Waals surface area (Å²) >= 11 is 7.16. The minimum atomic E-state index is -0.512. The highest BCUT2D eigenvalue weighted by atomic mass is 35.5. The van der Waals surface area contributed by atoms with E-state index in [0.29, 0.717) is 34.0 Å². The molecule has 0 aliphatic heterocycles. The zero-order chi connectivity index (χ0) is 16.8. The van der Waals surface area contributed by atoms with Crippen molar-refractivity contribution in [1.82, 2.24) is 0 Å². The molecule has 1 aromatic heterocycles. The zero-order valence-corrected chi connectivity index (χ0v) is 14.8. The molecule has 1 heterocycles. The smallest absolute Gasteiger partial charge is 0.308 e. The molecule has 0 radical (unpaired) electrons. The van der Waals surface area contributed by atoms with Crippen molar-refractivity contribution < 1.29 is 19.2 Å². The number of aromatic hydroxyl groups is 1. The van der Waals surface area contributed by atoms with Gasteiger partial charge in [-0.2, -0.15) is 0 Å². The van der Waals surface area contributed by atoms with Crippen molar-refractivity contribution in [2.45, 2.75) is 13.3 Å². The Labute approximate surface area is 144 Å². The lowest BCUT2D eigenvalue weighted by Gasteiger charge is -2.05. The molecule has 1 aromatic carbocycles. The fourth-order valence-corrected chi connectivity index (χ4v) is 3.37. The standard InChI is InChI=1S/C15H15ClNO4PS/c1-9(18)21-13-12(19)14(10-3-5-11(16)6-4-10)23-15(13)17-7-2-8-22-20/h3-6,17,19H,2,7-8H2,1H3. The Morgan fingerprint density at radius 2 is 2.09 bits per heavy atom. The minimum absolute atomic E-state index is 0.0861. The van der Waals surface area contributed by atoms with Gasteiger partial charge in [0.2, 0.25) is 5.75 Å². The van der Waals surface area contributed by atoms with Crippen molar-refractivity contribution in [1.29, 1.82) is 0 Å². The Morgan fingerprint density at radius 3 is 2.70 bits per heavy atom. The van der Waals surface area contributed by atoms with Crippen LogP contribution in [0.1, 0.15) is 13.3 Å². The molecule has 2 aromatic rings. The molecule has 0 spiro atoms. The third-order valence-electron chi connectivity index (χ3n) is 2.90. The van der Waals surface area contributed by atoms with E-state index in [2.05, 4.69) is 5.32 Å². The average molecular weight is 372 g/mol. The second-order valence-corrected chi connectivity index (χ2v) is 6.83. The number of nitrogens with one attached hydrogen (secondary N) is 1. The van der Waals surface area contributed by atoms with Crippen LogP contribution in [0.4, 0.5) is 5.00 Å². The maximum atomic E-state index is 11.3. The second kappa shape index (κ2) is 8.29. The summed E-state index contributed by atoms with van der Waals surface area (Å²) in [4.78, 5) is 11.9. The van der Waals surface area contributed by atoms with Gasteiger partial charge in [-0.15, -0.1) is 11.3 Å². The summed E-state index contributed by atoms with van der Waals surface area (Å²) in [6, 6.07) is 7.01. The lowest BCUT2D eigenvalue weighted by atomic mass is 10.2. The molecular formula is C15H15ClNO4PS. The van der Waals surface area contributed by atoms with Crippen LogP contribution < -0.4 is 10.1 Å². The van der Waals surface area contributed by atoms with E-state index in [1.54, 1.807) is 24.3 Å². The number of carbonyl (C=O) groups is 1. The second-order valence-electron chi connectivity index (χ2n) is 4.67. The van der Waals surface area contributed by atoms with Gasteiger partial charge in [-0.1, -0.05) is 23.7 Å². The normalized spacial score (nSPS) is 10.7. The number of rotatable bonds is 7. The topological polar surface area (TPSA) is 75.6 Å². The number of halogens is 1. The van der Waals surface area contributed by atoms with Crippen molar-refractivity contribution in [3.63, 3.8) is 0 Å². The lowest BCUT2D eigenvalue weighted by molar-refractivity contribution is -0.131. The van der Waals surface area contributed by atoms with Gasteiger partial charge < -0.3 is 15.2 Å². The predicted molar refractivity (Wildman–Crippen MR) is 93.3 cm³/mol. The molecule has 2 N–H and O–H groups in total. The molecule has 8 heteroatoms. The number of thiophene rings is 1. The van der Waals surface area contributed by atoms with Gasteiger partial charge in [0, 0.05) is 24.7 Å². The fraction of sp³-hybridized carbons (Fsp3) is 0.267. The summed E-state index contributed by atoms with van der Waals surface area (Å²) in [6.45, 7) is 1.84. The van der Waals surface area contributed by atoms with Crippen LogP contribution in [0.2, 0.25) is 5.02 Å². The van der Waals surface area contributed by atoms with Crippen molar-refractivity contribution in [3.8, 4) is 21.9 Å². The van der Waals surface area contributed by atoms with Gasteiger partial charge in [0.25, 0.3) is 0 Å².